The van der Waals surface area contributed by atoms with Gasteiger partial charge in [-0.2, -0.15) is 0 Å². The molecule has 0 atom stereocenters. The summed E-state index contributed by atoms with van der Waals surface area (Å²) in [6, 6.07) is 59.7. The van der Waals surface area contributed by atoms with Crippen molar-refractivity contribution < 1.29 is 130 Å². The molecule has 468 valence electrons. The van der Waals surface area contributed by atoms with Gasteiger partial charge in [-0.15, -0.1) is 0 Å². The third-order valence-corrected chi connectivity index (χ3v) is 16.8. The Morgan fingerprint density at radius 1 is 0.217 bits per heavy atom. The fraction of sp³-hybridized carbons (Fsp3) is 0.231. The van der Waals surface area contributed by atoms with E-state index in [0.717, 1.165) is 98.0 Å². The van der Waals surface area contributed by atoms with Crippen molar-refractivity contribution in [2.45, 2.75) is 38.5 Å². The second kappa shape index (κ2) is 33.8. The first-order chi connectivity index (χ1) is 44.0. The molecule has 6 N–H and O–H groups in total. The zero-order valence-corrected chi connectivity index (χ0v) is 60.3. The number of benzene rings is 12. The minimum absolute atomic E-state index is 0. The minimum Gasteiger partial charge on any atom is -0.507 e. The van der Waals surface area contributed by atoms with Gasteiger partial charge >= 0.3 is 0 Å². The van der Waals surface area contributed by atoms with Crippen LogP contribution in [0.2, 0.25) is 0 Å². The van der Waals surface area contributed by atoms with E-state index in [1.165, 1.54) is 0 Å². The Hall–Kier alpha value is -6.85. The van der Waals surface area contributed by atoms with E-state index in [-0.39, 0.29) is 106 Å². The molecule has 2 radical (unpaired) electrons. The van der Waals surface area contributed by atoms with Crippen LogP contribution in [0.25, 0.3) is 98.0 Å². The van der Waals surface area contributed by atoms with Gasteiger partial charge in [-0.05, 0) is 173 Å². The van der Waals surface area contributed by atoms with Crippen LogP contribution in [-0.4, -0.2) is 113 Å². The monoisotopic (exact) mass is 1480 g/mol. The van der Waals surface area contributed by atoms with Crippen molar-refractivity contribution in [3.63, 3.8) is 0 Å². The quantitative estimate of drug-likeness (QED) is 0.0402. The van der Waals surface area contributed by atoms with Gasteiger partial charge in [0.2, 0.25) is 0 Å². The summed E-state index contributed by atoms with van der Waals surface area (Å²) in [4.78, 5) is 0. The number of aromatic hydroxyl groups is 6. The summed E-state index contributed by atoms with van der Waals surface area (Å²) < 4.78 is 31.4. The molecule has 14 heteroatoms. The molecular formula is C78H78La2O12. The third-order valence-electron chi connectivity index (χ3n) is 16.8. The van der Waals surface area contributed by atoms with E-state index in [2.05, 4.69) is 0 Å². The van der Waals surface area contributed by atoms with Crippen molar-refractivity contribution in [2.75, 3.05) is 82.3 Å². The molecule has 0 aromatic heterocycles. The number of fused-ring (bicyclic) bond motifs is 6. The number of hydrogen-bond acceptors (Lipinski definition) is 12. The van der Waals surface area contributed by atoms with Crippen molar-refractivity contribution in [1.29, 1.82) is 0 Å². The molecule has 12 rings (SSSR count). The van der Waals surface area contributed by atoms with Crippen LogP contribution in [0.15, 0.2) is 182 Å². The van der Waals surface area contributed by atoms with E-state index in [4.69, 9.17) is 28.4 Å². The maximum atomic E-state index is 11.3. The summed E-state index contributed by atoms with van der Waals surface area (Å²) in [6.45, 7) is 3.04. The van der Waals surface area contributed by atoms with Crippen LogP contribution >= 0.6 is 0 Å². The van der Waals surface area contributed by atoms with Crippen LogP contribution in [0, 0.1) is 71.2 Å². The van der Waals surface area contributed by atoms with Crippen LogP contribution in [-0.2, 0) is 66.9 Å². The van der Waals surface area contributed by atoms with Gasteiger partial charge in [-0.25, -0.2) is 0 Å². The molecule has 12 aromatic rings. The van der Waals surface area contributed by atoms with Crippen LogP contribution in [0.4, 0.5) is 0 Å². The standard InChI is InChI=1S/3C26H26O4.2La/c3*1-29-13-11-19-15-17-7-3-5-9-21(17)23(25(19)27)24-22-10-6-4-8-18(22)16-20(26(24)28)12-14-30-2;;/h3*3-10,15-16,27-28H,11-14H2,1-2H3;;. The van der Waals surface area contributed by atoms with Crippen molar-refractivity contribution in [3.05, 3.63) is 215 Å². The zero-order valence-electron chi connectivity index (χ0n) is 53.1. The Morgan fingerprint density at radius 3 is 0.478 bits per heavy atom. The molecular weight excluding hydrogens is 1410 g/mol. The Balaban J connectivity index is 0.000000176. The summed E-state index contributed by atoms with van der Waals surface area (Å²) in [6.07, 6.45) is 3.51. The largest absolute Gasteiger partial charge is 0.507 e. The van der Waals surface area contributed by atoms with Crippen molar-refractivity contribution in [3.8, 4) is 67.9 Å². The second-order valence-electron chi connectivity index (χ2n) is 22.3. The minimum atomic E-state index is 0. The summed E-state index contributed by atoms with van der Waals surface area (Å²) in [5.41, 5.74) is 8.77. The predicted octanol–water partition coefficient (Wildman–Crippen LogP) is 16.3. The van der Waals surface area contributed by atoms with Gasteiger partial charge in [-0.3, -0.25) is 0 Å². The molecule has 0 bridgehead atoms. The summed E-state index contributed by atoms with van der Waals surface area (Å²) in [7, 11) is 9.90. The number of ether oxygens (including phenoxy) is 6. The Bertz CT molecular complexity index is 3770. The maximum Gasteiger partial charge on any atom is 0.127 e. The fourth-order valence-electron chi connectivity index (χ4n) is 12.3. The Morgan fingerprint density at radius 2 is 0.348 bits per heavy atom. The smallest absolute Gasteiger partial charge is 0.127 e. The molecule has 12 nitrogen and oxygen atoms in total. The number of methoxy groups -OCH3 is 6. The number of phenolic OH excluding ortho intramolecular Hbond substituents is 6. The van der Waals surface area contributed by atoms with Gasteiger partial charge in [0, 0.05) is 147 Å². The average molecular weight is 1490 g/mol. The van der Waals surface area contributed by atoms with E-state index in [0.29, 0.717) is 112 Å². The average Bonchev–Trinajstić information content (AvgIpc) is 0.764. The first kappa shape index (κ1) is 71.0. The molecule has 0 heterocycles. The maximum absolute atomic E-state index is 11.3. The molecule has 0 spiro atoms. The third kappa shape index (κ3) is 15.4. The van der Waals surface area contributed by atoms with Crippen molar-refractivity contribution in [1.82, 2.24) is 0 Å². The SMILES string of the molecule is COCCc1cc2ccccc2c(-c2c(O)c(CCOC)cc3ccccc23)c1O.COCCc1cc2ccccc2c(-c2c(O)c(CCOC)cc3ccccc23)c1O.COCCc1cc2ccccc2c(-c2c(O)c(CCOC)cc3ccccc23)c1O.[La].[La]. The summed E-state index contributed by atoms with van der Waals surface area (Å²) in [5, 5.41) is 79.5. The molecule has 0 fully saturated rings. The molecule has 0 unspecified atom stereocenters. The van der Waals surface area contributed by atoms with E-state index in [9.17, 15) is 30.6 Å². The predicted molar refractivity (Wildman–Crippen MR) is 364 cm³/mol. The Labute approximate surface area is 593 Å². The van der Waals surface area contributed by atoms with E-state index in [1.54, 1.807) is 42.7 Å². The first-order valence-corrected chi connectivity index (χ1v) is 30.3. The van der Waals surface area contributed by atoms with Gasteiger partial charge in [0.15, 0.2) is 0 Å². The van der Waals surface area contributed by atoms with Crippen molar-refractivity contribution >= 4 is 64.6 Å². The van der Waals surface area contributed by atoms with Crippen LogP contribution < -0.4 is 0 Å². The first-order valence-electron chi connectivity index (χ1n) is 30.3. The van der Waals surface area contributed by atoms with Gasteiger partial charge in [0.25, 0.3) is 0 Å². The molecule has 0 aliphatic carbocycles. The van der Waals surface area contributed by atoms with Crippen molar-refractivity contribution in [2.24, 2.45) is 0 Å². The molecule has 0 aliphatic rings. The van der Waals surface area contributed by atoms with E-state index < -0.39 is 0 Å². The van der Waals surface area contributed by atoms with Gasteiger partial charge < -0.3 is 59.1 Å². The number of phenols is 6. The van der Waals surface area contributed by atoms with E-state index in [1.807, 2.05) is 182 Å². The van der Waals surface area contributed by atoms with Crippen LogP contribution in [0.3, 0.4) is 0 Å². The van der Waals surface area contributed by atoms with E-state index >= 15 is 0 Å². The number of hydrogen-bond donors (Lipinski definition) is 6. The molecule has 12 aromatic carbocycles. The Kier molecular flexibility index (Phi) is 26.1. The topological polar surface area (TPSA) is 177 Å². The fourth-order valence-corrected chi connectivity index (χ4v) is 12.3. The normalized spacial score (nSPS) is 11.2. The zero-order chi connectivity index (χ0) is 63.3. The van der Waals surface area contributed by atoms with Crippen LogP contribution in [0.1, 0.15) is 33.4 Å². The summed E-state index contributed by atoms with van der Waals surface area (Å²) in [5.74, 6) is 1.14. The molecule has 92 heavy (non-hydrogen) atoms. The molecule has 0 saturated carbocycles. The molecule has 0 amide bonds. The molecule has 0 aliphatic heterocycles. The molecule has 0 saturated heterocycles. The van der Waals surface area contributed by atoms with Gasteiger partial charge in [-0.1, -0.05) is 146 Å². The number of rotatable bonds is 21. The summed E-state index contributed by atoms with van der Waals surface area (Å²) >= 11 is 0. The second-order valence-corrected chi connectivity index (χ2v) is 22.3. The van der Waals surface area contributed by atoms with Gasteiger partial charge in [0.05, 0.1) is 39.6 Å². The van der Waals surface area contributed by atoms with Crippen LogP contribution in [0.5, 0.6) is 34.5 Å². The van der Waals surface area contributed by atoms with Gasteiger partial charge in [0.1, 0.15) is 34.5 Å².